The molecule has 3 amide bonds. The van der Waals surface area contributed by atoms with Gasteiger partial charge in [0.1, 0.15) is 5.75 Å². The van der Waals surface area contributed by atoms with Gasteiger partial charge in [0.25, 0.3) is 17.7 Å². The molecule has 1 aliphatic heterocycles. The number of carbonyl (C=O) groups is 3. The molecule has 1 aliphatic rings. The molecule has 1 N–H and O–H groups in total. The van der Waals surface area contributed by atoms with Crippen molar-refractivity contribution in [3.05, 3.63) is 75.8 Å². The van der Waals surface area contributed by atoms with E-state index in [9.17, 15) is 27.6 Å². The van der Waals surface area contributed by atoms with Gasteiger partial charge in [0.05, 0.1) is 11.1 Å². The molecule has 1 aromatic heterocycles. The Morgan fingerprint density at radius 2 is 1.78 bits per heavy atom. The molecule has 3 aromatic rings. The van der Waals surface area contributed by atoms with E-state index in [2.05, 4.69) is 15.0 Å². The number of alkyl halides is 3. The Balaban J connectivity index is 1.41. The van der Waals surface area contributed by atoms with Gasteiger partial charge < -0.3 is 4.74 Å². The van der Waals surface area contributed by atoms with Gasteiger partial charge in [-0.25, -0.2) is 4.98 Å². The topological polar surface area (TPSA) is 88.6 Å². The quantitative estimate of drug-likeness (QED) is 0.578. The van der Waals surface area contributed by atoms with E-state index in [0.717, 1.165) is 15.3 Å². The third-order valence-corrected chi connectivity index (χ3v) is 5.57. The summed E-state index contributed by atoms with van der Waals surface area (Å²) in [5.41, 5.74) is 1.37. The lowest BCUT2D eigenvalue weighted by molar-refractivity contribution is -0.274. The first-order valence-corrected chi connectivity index (χ1v) is 9.99. The summed E-state index contributed by atoms with van der Waals surface area (Å²) in [5, 5.41) is 2.96. The second-order valence-corrected chi connectivity index (χ2v) is 8.00. The Morgan fingerprint density at radius 3 is 2.47 bits per heavy atom. The fourth-order valence-electron chi connectivity index (χ4n) is 3.13. The fraction of sp³-hybridized carbons (Fsp3) is 0.143. The number of halogens is 3. The van der Waals surface area contributed by atoms with Crippen LogP contribution in [0.5, 0.6) is 5.75 Å². The number of imide groups is 1. The number of amides is 3. The van der Waals surface area contributed by atoms with Gasteiger partial charge in [-0.2, -0.15) is 0 Å². The normalized spacial score (nSPS) is 13.3. The first-order valence-electron chi connectivity index (χ1n) is 9.18. The van der Waals surface area contributed by atoms with Crippen LogP contribution in [0.2, 0.25) is 0 Å². The highest BCUT2D eigenvalue weighted by Gasteiger charge is 2.33. The smallest absolute Gasteiger partial charge is 0.406 e. The summed E-state index contributed by atoms with van der Waals surface area (Å²) >= 11 is 1.21. The van der Waals surface area contributed by atoms with Crippen LogP contribution in [0, 0.1) is 0 Å². The molecule has 11 heteroatoms. The lowest BCUT2D eigenvalue weighted by Crippen LogP contribution is -2.24. The first-order chi connectivity index (χ1) is 15.1. The van der Waals surface area contributed by atoms with Crippen LogP contribution in [0.1, 0.15) is 41.5 Å². The van der Waals surface area contributed by atoms with E-state index in [1.54, 1.807) is 6.20 Å². The number of hydrogen-bond acceptors (Lipinski definition) is 6. The molecule has 0 fully saturated rings. The van der Waals surface area contributed by atoms with E-state index in [0.29, 0.717) is 11.6 Å². The lowest BCUT2D eigenvalue weighted by Gasteiger charge is -2.08. The predicted octanol–water partition coefficient (Wildman–Crippen LogP) is 4.11. The Labute approximate surface area is 183 Å². The molecule has 0 unspecified atom stereocenters. The Kier molecular flexibility index (Phi) is 5.43. The van der Waals surface area contributed by atoms with E-state index >= 15 is 0 Å². The minimum absolute atomic E-state index is 0.169. The molecule has 0 spiro atoms. The zero-order valence-electron chi connectivity index (χ0n) is 16.4. The van der Waals surface area contributed by atoms with Crippen molar-refractivity contribution in [3.63, 3.8) is 0 Å². The number of aromatic nitrogens is 1. The number of benzene rings is 2. The first kappa shape index (κ1) is 21.5. The monoisotopic (exact) mass is 461 g/mol. The molecule has 0 aliphatic carbocycles. The van der Waals surface area contributed by atoms with E-state index in [-0.39, 0.29) is 22.4 Å². The highest BCUT2D eigenvalue weighted by molar-refractivity contribution is 7.15. The van der Waals surface area contributed by atoms with Gasteiger partial charge in [-0.15, -0.1) is 24.5 Å². The molecule has 32 heavy (non-hydrogen) atoms. The number of hydrogen-bond donors (Lipinski definition) is 1. The van der Waals surface area contributed by atoms with E-state index in [1.807, 2.05) is 0 Å². The molecule has 164 valence electrons. The van der Waals surface area contributed by atoms with Gasteiger partial charge in [0.15, 0.2) is 5.13 Å². The van der Waals surface area contributed by atoms with Crippen LogP contribution in [0.25, 0.3) is 0 Å². The number of ether oxygens (including phenoxy) is 1. The van der Waals surface area contributed by atoms with Gasteiger partial charge in [0.2, 0.25) is 0 Å². The van der Waals surface area contributed by atoms with Gasteiger partial charge >= 0.3 is 6.36 Å². The minimum atomic E-state index is -4.75. The molecule has 0 atom stereocenters. The number of fused-ring (bicyclic) bond motifs is 1. The van der Waals surface area contributed by atoms with Crippen LogP contribution in [-0.2, 0) is 6.42 Å². The predicted molar refractivity (Wildman–Crippen MR) is 109 cm³/mol. The van der Waals surface area contributed by atoms with E-state index < -0.39 is 24.1 Å². The molecule has 0 radical (unpaired) electrons. The number of nitrogens with one attached hydrogen (secondary N) is 1. The zero-order valence-corrected chi connectivity index (χ0v) is 17.2. The summed E-state index contributed by atoms with van der Waals surface area (Å²) in [6, 6.07) is 9.74. The van der Waals surface area contributed by atoms with Crippen molar-refractivity contribution in [2.24, 2.45) is 0 Å². The summed E-state index contributed by atoms with van der Waals surface area (Å²) in [4.78, 5) is 42.5. The van der Waals surface area contributed by atoms with Crippen LogP contribution in [0.15, 0.2) is 48.7 Å². The van der Waals surface area contributed by atoms with Crippen molar-refractivity contribution >= 4 is 34.2 Å². The van der Waals surface area contributed by atoms with E-state index in [4.69, 9.17) is 0 Å². The summed E-state index contributed by atoms with van der Waals surface area (Å²) in [6.07, 6.45) is -2.79. The van der Waals surface area contributed by atoms with Crippen molar-refractivity contribution in [1.82, 2.24) is 9.88 Å². The third kappa shape index (κ3) is 4.47. The lowest BCUT2D eigenvalue weighted by atomic mass is 10.1. The minimum Gasteiger partial charge on any atom is -0.406 e. The zero-order chi connectivity index (χ0) is 23.0. The van der Waals surface area contributed by atoms with Gasteiger partial charge in [-0.1, -0.05) is 12.1 Å². The molecular weight excluding hydrogens is 447 g/mol. The van der Waals surface area contributed by atoms with Crippen molar-refractivity contribution in [1.29, 1.82) is 0 Å². The number of carbonyl (C=O) groups excluding carboxylic acids is 3. The maximum atomic E-state index is 12.5. The SMILES string of the molecule is CN1C(=O)c2ccc(C(=O)Nc3ncc(Cc4ccc(OC(F)(F)F)cc4)s3)cc2C1=O. The van der Waals surface area contributed by atoms with Crippen LogP contribution in [-0.4, -0.2) is 41.0 Å². The number of rotatable bonds is 5. The van der Waals surface area contributed by atoms with Crippen molar-refractivity contribution in [2.75, 3.05) is 12.4 Å². The molecule has 0 saturated carbocycles. The molecular formula is C21H14F3N3O4S. The number of anilines is 1. The average Bonchev–Trinajstić information content (AvgIpc) is 3.26. The van der Waals surface area contributed by atoms with Crippen LogP contribution in [0.4, 0.5) is 18.3 Å². The van der Waals surface area contributed by atoms with Crippen LogP contribution in [0.3, 0.4) is 0 Å². The van der Waals surface area contributed by atoms with E-state index in [1.165, 1.54) is 60.8 Å². The molecule has 2 aromatic carbocycles. The largest absolute Gasteiger partial charge is 0.573 e. The molecule has 4 rings (SSSR count). The summed E-state index contributed by atoms with van der Waals surface area (Å²) in [5.74, 6) is -1.68. The Morgan fingerprint density at radius 1 is 1.09 bits per heavy atom. The van der Waals surface area contributed by atoms with Gasteiger partial charge in [-0.05, 0) is 35.9 Å². The van der Waals surface area contributed by atoms with Crippen LogP contribution < -0.4 is 10.1 Å². The van der Waals surface area contributed by atoms with Crippen molar-refractivity contribution < 1.29 is 32.3 Å². The molecule has 0 bridgehead atoms. The molecule has 7 nitrogen and oxygen atoms in total. The Bertz CT molecular complexity index is 1220. The maximum Gasteiger partial charge on any atom is 0.573 e. The second-order valence-electron chi connectivity index (χ2n) is 6.88. The molecule has 0 saturated heterocycles. The van der Waals surface area contributed by atoms with Gasteiger partial charge in [-0.3, -0.25) is 24.6 Å². The highest BCUT2D eigenvalue weighted by atomic mass is 32.1. The maximum absolute atomic E-state index is 12.5. The third-order valence-electron chi connectivity index (χ3n) is 4.66. The Hall–Kier alpha value is -3.73. The second kappa shape index (κ2) is 8.08. The summed E-state index contributed by atoms with van der Waals surface area (Å²) in [6.45, 7) is 0. The fourth-order valence-corrected chi connectivity index (χ4v) is 3.97. The summed E-state index contributed by atoms with van der Waals surface area (Å²) < 4.78 is 40.6. The average molecular weight is 461 g/mol. The number of nitrogens with zero attached hydrogens (tertiary/aromatic N) is 2. The van der Waals surface area contributed by atoms with Crippen molar-refractivity contribution in [3.8, 4) is 5.75 Å². The van der Waals surface area contributed by atoms with Crippen LogP contribution >= 0.6 is 11.3 Å². The summed E-state index contributed by atoms with van der Waals surface area (Å²) in [7, 11) is 1.37. The highest BCUT2D eigenvalue weighted by Crippen LogP contribution is 2.26. The van der Waals surface area contributed by atoms with Crippen molar-refractivity contribution in [2.45, 2.75) is 12.8 Å². The van der Waals surface area contributed by atoms with Gasteiger partial charge in [0, 0.05) is 30.1 Å². The molecule has 2 heterocycles. The number of thiazole rings is 1. The standard InChI is InChI=1S/C21H14F3N3O4S/c1-27-18(29)15-7-4-12(9-16(15)19(27)30)17(28)26-20-25-10-14(32-20)8-11-2-5-13(6-3-11)31-21(22,23)24/h2-7,9-10H,8H2,1H3,(H,25,26,28).